The van der Waals surface area contributed by atoms with Crippen LogP contribution in [0.25, 0.3) is 0 Å². The lowest BCUT2D eigenvalue weighted by Gasteiger charge is -2.05. The van der Waals surface area contributed by atoms with Crippen LogP contribution in [0, 0.1) is 10.1 Å². The molecule has 0 atom stereocenters. The highest BCUT2D eigenvalue weighted by molar-refractivity contribution is 5.89. The summed E-state index contributed by atoms with van der Waals surface area (Å²) in [4.78, 5) is 21.2. The molecule has 16 heavy (non-hydrogen) atoms. The second kappa shape index (κ2) is 5.50. The molecule has 0 fully saturated rings. The molecule has 1 rings (SSSR count). The number of carbonyl (C=O) groups is 1. The number of nitrogens with one attached hydrogen (secondary N) is 2. The molecule has 0 aromatic heterocycles. The summed E-state index contributed by atoms with van der Waals surface area (Å²) in [5.74, 6) is 0. The average Bonchev–Trinajstić information content (AvgIpc) is 2.26. The van der Waals surface area contributed by atoms with Gasteiger partial charge in [-0.1, -0.05) is 12.1 Å². The average molecular weight is 221 g/mol. The van der Waals surface area contributed by atoms with Crippen molar-refractivity contribution in [2.45, 2.75) is 0 Å². The SMILES string of the molecule is C=CCNC(=O)Nc1cccc([N+](=O)[O-])c1. The van der Waals surface area contributed by atoms with Crippen LogP contribution in [0.1, 0.15) is 0 Å². The molecule has 0 bridgehead atoms. The third-order valence-electron chi connectivity index (χ3n) is 1.72. The molecule has 6 heteroatoms. The van der Waals surface area contributed by atoms with Gasteiger partial charge in [0.15, 0.2) is 0 Å². The number of nitro groups is 1. The molecule has 1 aromatic carbocycles. The van der Waals surface area contributed by atoms with E-state index in [1.165, 1.54) is 24.3 Å². The van der Waals surface area contributed by atoms with Crippen molar-refractivity contribution in [3.63, 3.8) is 0 Å². The first-order valence-electron chi connectivity index (χ1n) is 4.53. The molecule has 0 spiro atoms. The molecule has 0 saturated heterocycles. The summed E-state index contributed by atoms with van der Waals surface area (Å²) < 4.78 is 0. The number of nitrogens with zero attached hydrogens (tertiary/aromatic N) is 1. The van der Waals surface area contributed by atoms with Gasteiger partial charge in [-0.2, -0.15) is 0 Å². The molecule has 0 radical (unpaired) electrons. The fourth-order valence-electron chi connectivity index (χ4n) is 1.04. The van der Waals surface area contributed by atoms with E-state index in [4.69, 9.17) is 0 Å². The lowest BCUT2D eigenvalue weighted by atomic mass is 10.3. The van der Waals surface area contributed by atoms with Gasteiger partial charge in [-0.3, -0.25) is 10.1 Å². The maximum absolute atomic E-state index is 11.2. The van der Waals surface area contributed by atoms with Gasteiger partial charge in [0.05, 0.1) is 4.92 Å². The van der Waals surface area contributed by atoms with Crippen LogP contribution in [0.15, 0.2) is 36.9 Å². The number of rotatable bonds is 4. The fraction of sp³-hybridized carbons (Fsp3) is 0.100. The summed E-state index contributed by atoms with van der Waals surface area (Å²) in [5, 5.41) is 15.4. The summed E-state index contributed by atoms with van der Waals surface area (Å²) in [6, 6.07) is 5.28. The van der Waals surface area contributed by atoms with Crippen LogP contribution >= 0.6 is 0 Å². The largest absolute Gasteiger partial charge is 0.334 e. The zero-order valence-corrected chi connectivity index (χ0v) is 8.47. The van der Waals surface area contributed by atoms with Gasteiger partial charge in [0.2, 0.25) is 0 Å². The molecule has 84 valence electrons. The number of nitro benzene ring substituents is 1. The first-order chi connectivity index (χ1) is 7.63. The Bertz CT molecular complexity index is 418. The third kappa shape index (κ3) is 3.41. The zero-order valence-electron chi connectivity index (χ0n) is 8.47. The van der Waals surface area contributed by atoms with Crippen LogP contribution in [0.2, 0.25) is 0 Å². The van der Waals surface area contributed by atoms with E-state index in [1.807, 2.05) is 0 Å². The van der Waals surface area contributed by atoms with E-state index in [9.17, 15) is 14.9 Å². The number of benzene rings is 1. The maximum atomic E-state index is 11.2. The van der Waals surface area contributed by atoms with Gasteiger partial charge in [-0.05, 0) is 6.07 Å². The molecule has 2 N–H and O–H groups in total. The summed E-state index contributed by atoms with van der Waals surface area (Å²) in [6.07, 6.45) is 1.53. The predicted molar refractivity (Wildman–Crippen MR) is 60.3 cm³/mol. The van der Waals surface area contributed by atoms with Gasteiger partial charge in [-0.15, -0.1) is 6.58 Å². The quantitative estimate of drug-likeness (QED) is 0.462. The Morgan fingerprint density at radius 2 is 2.31 bits per heavy atom. The predicted octanol–water partition coefficient (Wildman–Crippen LogP) is 1.90. The Balaban J connectivity index is 2.66. The van der Waals surface area contributed by atoms with Crippen molar-refractivity contribution in [1.29, 1.82) is 0 Å². The number of non-ortho nitro benzene ring substituents is 1. The summed E-state index contributed by atoms with van der Waals surface area (Å²) in [6.45, 7) is 3.78. The van der Waals surface area contributed by atoms with E-state index in [0.29, 0.717) is 12.2 Å². The zero-order chi connectivity index (χ0) is 12.0. The Morgan fingerprint density at radius 1 is 1.56 bits per heavy atom. The van der Waals surface area contributed by atoms with Gasteiger partial charge in [0.25, 0.3) is 5.69 Å². The van der Waals surface area contributed by atoms with Crippen molar-refractivity contribution in [2.24, 2.45) is 0 Å². The van der Waals surface area contributed by atoms with Crippen LogP contribution < -0.4 is 10.6 Å². The summed E-state index contributed by atoms with van der Waals surface area (Å²) in [7, 11) is 0. The second-order valence-corrected chi connectivity index (χ2v) is 2.93. The van der Waals surface area contributed by atoms with Crippen molar-refractivity contribution in [3.05, 3.63) is 47.0 Å². The minimum Gasteiger partial charge on any atom is -0.334 e. The molecule has 0 heterocycles. The van der Waals surface area contributed by atoms with Crippen molar-refractivity contribution in [3.8, 4) is 0 Å². The normalized spacial score (nSPS) is 9.25. The minimum absolute atomic E-state index is 0.0680. The van der Waals surface area contributed by atoms with Crippen LogP contribution in [-0.4, -0.2) is 17.5 Å². The first-order valence-corrected chi connectivity index (χ1v) is 4.53. The van der Waals surface area contributed by atoms with Crippen LogP contribution in [0.4, 0.5) is 16.2 Å². The van der Waals surface area contributed by atoms with E-state index >= 15 is 0 Å². The lowest BCUT2D eigenvalue weighted by molar-refractivity contribution is -0.384. The molecule has 6 nitrogen and oxygen atoms in total. The monoisotopic (exact) mass is 221 g/mol. The van der Waals surface area contributed by atoms with Gasteiger partial charge in [0.1, 0.15) is 0 Å². The smallest absolute Gasteiger partial charge is 0.319 e. The minimum atomic E-state index is -0.521. The van der Waals surface area contributed by atoms with E-state index in [-0.39, 0.29) is 5.69 Å². The van der Waals surface area contributed by atoms with Crippen LogP contribution in [-0.2, 0) is 0 Å². The molecule has 1 aromatic rings. The fourth-order valence-corrected chi connectivity index (χ4v) is 1.04. The van der Waals surface area contributed by atoms with Crippen LogP contribution in [0.5, 0.6) is 0 Å². The second-order valence-electron chi connectivity index (χ2n) is 2.93. The summed E-state index contributed by atoms with van der Waals surface area (Å²) in [5.41, 5.74) is 0.303. The number of anilines is 1. The molecule has 0 aliphatic heterocycles. The van der Waals surface area contributed by atoms with E-state index in [2.05, 4.69) is 17.2 Å². The van der Waals surface area contributed by atoms with Gasteiger partial charge >= 0.3 is 6.03 Å². The van der Waals surface area contributed by atoms with Gasteiger partial charge in [0, 0.05) is 24.4 Å². The Hall–Kier alpha value is -2.37. The molecule has 0 aliphatic rings. The van der Waals surface area contributed by atoms with Crippen molar-refractivity contribution < 1.29 is 9.72 Å². The summed E-state index contributed by atoms with van der Waals surface area (Å²) >= 11 is 0. The molecule has 2 amide bonds. The molecule has 0 unspecified atom stereocenters. The van der Waals surface area contributed by atoms with Gasteiger partial charge < -0.3 is 10.6 Å². The molecular weight excluding hydrogens is 210 g/mol. The number of hydrogen-bond acceptors (Lipinski definition) is 3. The lowest BCUT2D eigenvalue weighted by Crippen LogP contribution is -2.28. The first kappa shape index (κ1) is 11.7. The third-order valence-corrected chi connectivity index (χ3v) is 1.72. The van der Waals surface area contributed by atoms with E-state index < -0.39 is 11.0 Å². The highest BCUT2D eigenvalue weighted by Crippen LogP contribution is 2.16. The van der Waals surface area contributed by atoms with Crippen molar-refractivity contribution >= 4 is 17.4 Å². The molecular formula is C10H11N3O3. The van der Waals surface area contributed by atoms with Crippen LogP contribution in [0.3, 0.4) is 0 Å². The van der Waals surface area contributed by atoms with Gasteiger partial charge in [-0.25, -0.2) is 4.79 Å². The number of carbonyl (C=O) groups excluding carboxylic acids is 1. The highest BCUT2D eigenvalue weighted by atomic mass is 16.6. The standard InChI is InChI=1S/C10H11N3O3/c1-2-6-11-10(14)12-8-4-3-5-9(7-8)13(15)16/h2-5,7H,1,6H2,(H2,11,12,14). The Kier molecular flexibility index (Phi) is 4.02. The number of hydrogen-bond donors (Lipinski definition) is 2. The number of urea groups is 1. The number of amides is 2. The van der Waals surface area contributed by atoms with Crippen molar-refractivity contribution in [1.82, 2.24) is 5.32 Å². The Labute approximate surface area is 92.1 Å². The highest BCUT2D eigenvalue weighted by Gasteiger charge is 2.06. The van der Waals surface area contributed by atoms with E-state index in [0.717, 1.165) is 0 Å². The molecule has 0 aliphatic carbocycles. The topological polar surface area (TPSA) is 84.3 Å². The molecule has 0 saturated carbocycles. The Morgan fingerprint density at radius 3 is 2.94 bits per heavy atom. The van der Waals surface area contributed by atoms with E-state index in [1.54, 1.807) is 6.07 Å². The maximum Gasteiger partial charge on any atom is 0.319 e. The van der Waals surface area contributed by atoms with Crippen molar-refractivity contribution in [2.75, 3.05) is 11.9 Å².